The van der Waals surface area contributed by atoms with Gasteiger partial charge in [-0.2, -0.15) is 0 Å². The zero-order valence-electron chi connectivity index (χ0n) is 19.4. The summed E-state index contributed by atoms with van der Waals surface area (Å²) in [6, 6.07) is 7.65. The molecule has 0 heterocycles. The lowest BCUT2D eigenvalue weighted by Crippen LogP contribution is -2.56. The van der Waals surface area contributed by atoms with E-state index in [4.69, 9.17) is 4.74 Å². The molecule has 3 rings (SSSR count). The fraction of sp³-hybridized carbons (Fsp3) is 0.269. The van der Waals surface area contributed by atoms with Gasteiger partial charge in [0, 0.05) is 25.3 Å². The Morgan fingerprint density at radius 1 is 0.838 bits per heavy atom. The molecule has 1 saturated carbocycles. The lowest BCUT2D eigenvalue weighted by atomic mass is 9.72. The zero-order valence-corrected chi connectivity index (χ0v) is 19.4. The van der Waals surface area contributed by atoms with E-state index in [9.17, 15) is 50.1 Å². The van der Waals surface area contributed by atoms with E-state index >= 15 is 0 Å². The zero-order chi connectivity index (χ0) is 27.3. The van der Waals surface area contributed by atoms with Gasteiger partial charge in [-0.05, 0) is 53.5 Å². The van der Waals surface area contributed by atoms with E-state index in [1.54, 1.807) is 0 Å². The molecule has 37 heavy (non-hydrogen) atoms. The lowest BCUT2D eigenvalue weighted by molar-refractivity contribution is -0.195. The Bertz CT molecular complexity index is 1250. The number of aromatic hydroxyl groups is 4. The van der Waals surface area contributed by atoms with E-state index in [0.29, 0.717) is 11.1 Å². The van der Waals surface area contributed by atoms with Gasteiger partial charge in [0.25, 0.3) is 0 Å². The van der Waals surface area contributed by atoms with Crippen molar-refractivity contribution in [3.63, 3.8) is 0 Å². The highest BCUT2D eigenvalue weighted by atomic mass is 16.6. The second-order valence-corrected chi connectivity index (χ2v) is 8.78. The van der Waals surface area contributed by atoms with Crippen molar-refractivity contribution in [3.8, 4) is 23.0 Å². The van der Waals surface area contributed by atoms with Gasteiger partial charge in [-0.15, -0.1) is 0 Å². The number of hydrogen-bond donors (Lipinski definition) is 7. The minimum atomic E-state index is -2.21. The van der Waals surface area contributed by atoms with Crippen molar-refractivity contribution in [2.45, 2.75) is 37.1 Å². The van der Waals surface area contributed by atoms with E-state index in [1.807, 2.05) is 0 Å². The normalized spacial score (nSPS) is 23.8. The van der Waals surface area contributed by atoms with Crippen LogP contribution in [-0.4, -0.2) is 71.3 Å². The van der Waals surface area contributed by atoms with Crippen molar-refractivity contribution in [1.82, 2.24) is 0 Å². The van der Waals surface area contributed by atoms with E-state index in [1.165, 1.54) is 48.6 Å². The fourth-order valence-electron chi connectivity index (χ4n) is 4.09. The fourth-order valence-corrected chi connectivity index (χ4v) is 4.09. The molecule has 0 bridgehead atoms. The number of aliphatic carboxylic acids is 1. The van der Waals surface area contributed by atoms with Crippen molar-refractivity contribution in [2.75, 3.05) is 0 Å². The first-order chi connectivity index (χ1) is 17.4. The van der Waals surface area contributed by atoms with Crippen LogP contribution in [0.5, 0.6) is 23.0 Å². The van der Waals surface area contributed by atoms with E-state index in [-0.39, 0.29) is 23.7 Å². The molecule has 0 aliphatic heterocycles. The van der Waals surface area contributed by atoms with Crippen LogP contribution >= 0.6 is 0 Å². The first-order valence-corrected chi connectivity index (χ1v) is 11.2. The summed E-state index contributed by atoms with van der Waals surface area (Å²) in [5.41, 5.74) is -1.50. The predicted molar refractivity (Wildman–Crippen MR) is 128 cm³/mol. The number of phenols is 4. The third-order valence-electron chi connectivity index (χ3n) is 6.03. The molecule has 0 aromatic heterocycles. The molecule has 1 aliphatic carbocycles. The number of carboxylic acid groups (broad SMARTS) is 1. The van der Waals surface area contributed by atoms with Crippen LogP contribution < -0.4 is 0 Å². The maximum Gasteiger partial charge on any atom is 0.348 e. The Labute approximate surface area is 210 Å². The minimum absolute atomic E-state index is 0.313. The third kappa shape index (κ3) is 6.66. The molecular formula is C26H26O11. The van der Waals surface area contributed by atoms with Gasteiger partial charge in [0.1, 0.15) is 0 Å². The number of benzene rings is 2. The highest BCUT2D eigenvalue weighted by molar-refractivity contribution is 5.94. The highest BCUT2D eigenvalue weighted by Crippen LogP contribution is 2.38. The summed E-state index contributed by atoms with van der Waals surface area (Å²) in [6.07, 6.45) is 0.169. The molecule has 11 nitrogen and oxygen atoms in total. The number of phenolic OH excluding ortho intramolecular Hbond substituents is 4. The van der Waals surface area contributed by atoms with Crippen molar-refractivity contribution < 1.29 is 54.9 Å². The molecule has 0 saturated heterocycles. The largest absolute Gasteiger partial charge is 0.504 e. The molecule has 7 N–H and O–H groups in total. The Morgan fingerprint density at radius 2 is 1.38 bits per heavy atom. The maximum atomic E-state index is 12.5. The van der Waals surface area contributed by atoms with Crippen LogP contribution in [-0.2, 0) is 19.1 Å². The molecule has 1 fully saturated rings. The average molecular weight is 514 g/mol. The predicted octanol–water partition coefficient (Wildman–Crippen LogP) is 1.69. The lowest BCUT2D eigenvalue weighted by Gasteiger charge is -2.41. The molecule has 196 valence electrons. The van der Waals surface area contributed by atoms with Gasteiger partial charge in [0.05, 0.1) is 12.2 Å². The van der Waals surface area contributed by atoms with Gasteiger partial charge < -0.3 is 40.5 Å². The Morgan fingerprint density at radius 3 is 1.89 bits per heavy atom. The van der Waals surface area contributed by atoms with Crippen molar-refractivity contribution in [3.05, 3.63) is 59.7 Å². The van der Waals surface area contributed by atoms with Crippen molar-refractivity contribution in [2.24, 2.45) is 5.92 Å². The number of esters is 1. The number of carbonyl (C=O) groups is 3. The first kappa shape index (κ1) is 27.2. The molecule has 11 heteroatoms. The molecule has 0 radical (unpaired) electrons. The second-order valence-electron chi connectivity index (χ2n) is 8.78. The van der Waals surface area contributed by atoms with E-state index in [2.05, 4.69) is 0 Å². The molecule has 4 atom stereocenters. The van der Waals surface area contributed by atoms with Crippen LogP contribution in [0.25, 0.3) is 12.2 Å². The summed E-state index contributed by atoms with van der Waals surface area (Å²) in [6.45, 7) is 0. The summed E-state index contributed by atoms with van der Waals surface area (Å²) < 4.78 is 5.21. The highest BCUT2D eigenvalue weighted by Gasteiger charge is 2.53. The summed E-state index contributed by atoms with van der Waals surface area (Å²) in [4.78, 5) is 37.1. The summed E-state index contributed by atoms with van der Waals surface area (Å²) in [5, 5.41) is 68.4. The van der Waals surface area contributed by atoms with Crippen LogP contribution in [0.15, 0.2) is 48.6 Å². The molecule has 2 aromatic carbocycles. The molecule has 0 spiro atoms. The quantitative estimate of drug-likeness (QED) is 0.153. The molecular weight excluding hydrogens is 488 g/mol. The number of aliphatic hydroxyl groups excluding tert-OH is 2. The van der Waals surface area contributed by atoms with Gasteiger partial charge in [-0.1, -0.05) is 18.2 Å². The number of ketones is 1. The minimum Gasteiger partial charge on any atom is -0.504 e. The number of rotatable bonds is 8. The van der Waals surface area contributed by atoms with Gasteiger partial charge in [0.2, 0.25) is 5.60 Å². The summed E-state index contributed by atoms with van der Waals surface area (Å²) in [5.74, 6) is -5.73. The number of carboxylic acids is 1. The van der Waals surface area contributed by atoms with Crippen LogP contribution in [0.3, 0.4) is 0 Å². The first-order valence-electron chi connectivity index (χ1n) is 11.2. The summed E-state index contributed by atoms with van der Waals surface area (Å²) >= 11 is 0. The Hall–Kier alpha value is -4.35. The van der Waals surface area contributed by atoms with Crippen molar-refractivity contribution >= 4 is 29.9 Å². The van der Waals surface area contributed by atoms with Gasteiger partial charge in [-0.25, -0.2) is 9.59 Å². The second kappa shape index (κ2) is 11.1. The molecule has 1 aliphatic rings. The average Bonchev–Trinajstić information content (AvgIpc) is 2.83. The van der Waals surface area contributed by atoms with Crippen LogP contribution in [0.4, 0.5) is 0 Å². The molecule has 2 aromatic rings. The Kier molecular flexibility index (Phi) is 8.21. The van der Waals surface area contributed by atoms with Crippen LogP contribution in [0.2, 0.25) is 0 Å². The van der Waals surface area contributed by atoms with Crippen LogP contribution in [0, 0.1) is 5.92 Å². The van der Waals surface area contributed by atoms with E-state index in [0.717, 1.165) is 12.2 Å². The van der Waals surface area contributed by atoms with Crippen molar-refractivity contribution in [1.29, 1.82) is 0 Å². The SMILES string of the molecule is O=C(/C=C/c1ccc(O)c(O)c1)C[C@@H]1C[C@@](OC(=O)/C=C/c2ccc(O)c(O)c2)(C(=O)O)C[C@@H](O)[C@@H]1O. The summed E-state index contributed by atoms with van der Waals surface area (Å²) in [7, 11) is 0. The standard InChI is InChI=1S/C26H26O11/c27-17(5-1-14-2-6-18(28)20(30)9-14)11-16-12-26(25(35)36,13-22(32)24(16)34)37-23(33)8-4-15-3-7-19(29)21(31)10-15/h1-10,16,22,24,28-32,34H,11-13H2,(H,35,36)/b5-1+,8-4+/t16-,22-,24-,26+/m1/s1. The number of ether oxygens (including phenoxy) is 1. The number of aliphatic hydroxyl groups is 2. The van der Waals surface area contributed by atoms with Gasteiger partial charge in [0.15, 0.2) is 28.8 Å². The number of hydrogen-bond acceptors (Lipinski definition) is 10. The van der Waals surface area contributed by atoms with E-state index < -0.39 is 60.0 Å². The van der Waals surface area contributed by atoms with Crippen LogP contribution in [0.1, 0.15) is 30.4 Å². The monoisotopic (exact) mass is 514 g/mol. The number of carbonyl (C=O) groups excluding carboxylic acids is 2. The Balaban J connectivity index is 1.73. The topological polar surface area (TPSA) is 202 Å². The number of allylic oxidation sites excluding steroid dienone is 1. The molecule has 0 amide bonds. The smallest absolute Gasteiger partial charge is 0.348 e. The van der Waals surface area contributed by atoms with Gasteiger partial charge >= 0.3 is 11.9 Å². The van der Waals surface area contributed by atoms with Gasteiger partial charge in [-0.3, -0.25) is 4.79 Å². The maximum absolute atomic E-state index is 12.5. The third-order valence-corrected chi connectivity index (χ3v) is 6.03. The molecule has 0 unspecified atom stereocenters.